The Morgan fingerprint density at radius 1 is 1.35 bits per heavy atom. The highest BCUT2D eigenvalue weighted by molar-refractivity contribution is 5.47. The van der Waals surface area contributed by atoms with Crippen LogP contribution in [0.4, 0.5) is 0 Å². The molecule has 17 heavy (non-hydrogen) atoms. The van der Waals surface area contributed by atoms with Gasteiger partial charge in [0, 0.05) is 5.56 Å². The molecule has 2 heteroatoms. The van der Waals surface area contributed by atoms with Crippen LogP contribution < -0.4 is 4.74 Å². The van der Waals surface area contributed by atoms with Gasteiger partial charge in [-0.1, -0.05) is 13.0 Å². The molecule has 0 radical (unpaired) electrons. The molecule has 0 aromatic heterocycles. The third-order valence-corrected chi connectivity index (χ3v) is 3.89. The molecule has 0 saturated heterocycles. The van der Waals surface area contributed by atoms with Crippen LogP contribution in [0.3, 0.4) is 0 Å². The Morgan fingerprint density at radius 2 is 2.00 bits per heavy atom. The molecule has 0 heterocycles. The standard InChI is InChI=1S/C15H22O2/c1-5-15(16,12-6-7-12)14-11(3)8-10(2)9-13(14)17-4/h8-9,12,16H,5-7H2,1-4H3. The first-order chi connectivity index (χ1) is 8.02. The second-order valence-electron chi connectivity index (χ2n) is 5.21. The van der Waals surface area contributed by atoms with Gasteiger partial charge in [0.05, 0.1) is 12.7 Å². The molecule has 94 valence electrons. The van der Waals surface area contributed by atoms with Crippen LogP contribution in [0.25, 0.3) is 0 Å². The molecule has 0 spiro atoms. The first-order valence-electron chi connectivity index (χ1n) is 6.41. The zero-order valence-corrected chi connectivity index (χ0v) is 11.2. The van der Waals surface area contributed by atoms with Gasteiger partial charge in [0.2, 0.25) is 0 Å². The highest BCUT2D eigenvalue weighted by Gasteiger charge is 2.45. The van der Waals surface area contributed by atoms with Crippen LogP contribution in [-0.2, 0) is 5.60 Å². The number of ether oxygens (including phenoxy) is 1. The van der Waals surface area contributed by atoms with Crippen LogP contribution in [0, 0.1) is 19.8 Å². The van der Waals surface area contributed by atoms with E-state index in [1.165, 1.54) is 5.56 Å². The van der Waals surface area contributed by atoms with E-state index in [4.69, 9.17) is 4.74 Å². The fourth-order valence-corrected chi connectivity index (χ4v) is 2.87. The molecular formula is C15H22O2. The fraction of sp³-hybridized carbons (Fsp3) is 0.600. The lowest BCUT2D eigenvalue weighted by atomic mass is 9.82. The van der Waals surface area contributed by atoms with Crippen molar-refractivity contribution < 1.29 is 9.84 Å². The Hall–Kier alpha value is -1.02. The first kappa shape index (κ1) is 12.4. The summed E-state index contributed by atoms with van der Waals surface area (Å²) in [5.41, 5.74) is 2.61. The molecule has 1 N–H and O–H groups in total. The lowest BCUT2D eigenvalue weighted by molar-refractivity contribution is 0.00615. The number of rotatable bonds is 4. The van der Waals surface area contributed by atoms with Gasteiger partial charge in [0.15, 0.2) is 0 Å². The number of methoxy groups -OCH3 is 1. The van der Waals surface area contributed by atoms with E-state index in [-0.39, 0.29) is 0 Å². The topological polar surface area (TPSA) is 29.5 Å². The van der Waals surface area contributed by atoms with Crippen LogP contribution in [0.1, 0.15) is 42.9 Å². The number of aryl methyl sites for hydroxylation is 2. The van der Waals surface area contributed by atoms with E-state index in [0.717, 1.165) is 36.1 Å². The van der Waals surface area contributed by atoms with Gasteiger partial charge in [-0.15, -0.1) is 0 Å². The highest BCUT2D eigenvalue weighted by Crippen LogP contribution is 2.51. The zero-order valence-electron chi connectivity index (χ0n) is 11.2. The number of hydrogen-bond donors (Lipinski definition) is 1. The van der Waals surface area contributed by atoms with Gasteiger partial charge in [0.25, 0.3) is 0 Å². The predicted molar refractivity (Wildman–Crippen MR) is 69.4 cm³/mol. The summed E-state index contributed by atoms with van der Waals surface area (Å²) in [6.45, 7) is 6.17. The molecule has 1 fully saturated rings. The molecule has 1 unspecified atom stereocenters. The van der Waals surface area contributed by atoms with Crippen LogP contribution >= 0.6 is 0 Å². The summed E-state index contributed by atoms with van der Waals surface area (Å²) in [6, 6.07) is 4.15. The molecule has 1 saturated carbocycles. The van der Waals surface area contributed by atoms with Crippen LogP contribution in [0.2, 0.25) is 0 Å². The molecular weight excluding hydrogens is 212 g/mol. The van der Waals surface area contributed by atoms with Gasteiger partial charge in [-0.2, -0.15) is 0 Å². The Bertz CT molecular complexity index is 421. The largest absolute Gasteiger partial charge is 0.496 e. The van der Waals surface area contributed by atoms with Gasteiger partial charge in [-0.25, -0.2) is 0 Å². The monoisotopic (exact) mass is 234 g/mol. The van der Waals surface area contributed by atoms with E-state index < -0.39 is 5.60 Å². The summed E-state index contributed by atoms with van der Waals surface area (Å²) in [6.07, 6.45) is 3.00. The van der Waals surface area contributed by atoms with Crippen molar-refractivity contribution in [1.29, 1.82) is 0 Å². The minimum Gasteiger partial charge on any atom is -0.496 e. The molecule has 0 aliphatic heterocycles. The maximum absolute atomic E-state index is 10.9. The maximum atomic E-state index is 10.9. The maximum Gasteiger partial charge on any atom is 0.125 e. The Labute approximate surface area is 104 Å². The SMILES string of the molecule is CCC(O)(c1c(C)cc(C)cc1OC)C1CC1. The van der Waals surface area contributed by atoms with Crippen molar-refractivity contribution >= 4 is 0 Å². The molecule has 1 aromatic rings. The van der Waals surface area contributed by atoms with Crippen molar-refractivity contribution in [2.45, 2.75) is 45.6 Å². The summed E-state index contributed by atoms with van der Waals surface area (Å²) in [5, 5.41) is 10.9. The minimum atomic E-state index is -0.705. The molecule has 2 nitrogen and oxygen atoms in total. The van der Waals surface area contributed by atoms with Crippen molar-refractivity contribution in [1.82, 2.24) is 0 Å². The average Bonchev–Trinajstić information content (AvgIpc) is 3.11. The summed E-state index contributed by atoms with van der Waals surface area (Å²) >= 11 is 0. The first-order valence-corrected chi connectivity index (χ1v) is 6.41. The van der Waals surface area contributed by atoms with E-state index in [1.54, 1.807) is 7.11 Å². The summed E-state index contributed by atoms with van der Waals surface area (Å²) in [5.74, 6) is 1.24. The fourth-order valence-electron chi connectivity index (χ4n) is 2.87. The molecule has 1 aliphatic rings. The molecule has 2 rings (SSSR count). The van der Waals surface area contributed by atoms with Crippen molar-refractivity contribution in [3.05, 3.63) is 28.8 Å². The molecule has 0 amide bonds. The second-order valence-corrected chi connectivity index (χ2v) is 5.21. The highest BCUT2D eigenvalue weighted by atomic mass is 16.5. The van der Waals surface area contributed by atoms with Crippen molar-refractivity contribution in [2.24, 2.45) is 5.92 Å². The summed E-state index contributed by atoms with van der Waals surface area (Å²) in [7, 11) is 1.68. The van der Waals surface area contributed by atoms with E-state index in [0.29, 0.717) is 5.92 Å². The molecule has 0 bridgehead atoms. The molecule has 1 atom stereocenters. The predicted octanol–water partition coefficient (Wildman–Crippen LogP) is 3.32. The van der Waals surface area contributed by atoms with E-state index >= 15 is 0 Å². The van der Waals surface area contributed by atoms with E-state index in [1.807, 2.05) is 6.07 Å². The van der Waals surface area contributed by atoms with Crippen molar-refractivity contribution in [2.75, 3.05) is 7.11 Å². The number of benzene rings is 1. The van der Waals surface area contributed by atoms with Crippen LogP contribution in [0.5, 0.6) is 5.75 Å². The summed E-state index contributed by atoms with van der Waals surface area (Å²) < 4.78 is 5.47. The molecule has 1 aliphatic carbocycles. The minimum absolute atomic E-state index is 0.405. The second kappa shape index (κ2) is 4.34. The Morgan fingerprint density at radius 3 is 2.47 bits per heavy atom. The van der Waals surface area contributed by atoms with Gasteiger partial charge < -0.3 is 9.84 Å². The van der Waals surface area contributed by atoms with Gasteiger partial charge in [0.1, 0.15) is 5.75 Å². The third-order valence-electron chi connectivity index (χ3n) is 3.89. The lowest BCUT2D eigenvalue weighted by Crippen LogP contribution is -2.29. The third kappa shape index (κ3) is 2.06. The van der Waals surface area contributed by atoms with Crippen molar-refractivity contribution in [3.8, 4) is 5.75 Å². The Kier molecular flexibility index (Phi) is 3.17. The summed E-state index contributed by atoms with van der Waals surface area (Å²) in [4.78, 5) is 0. The number of hydrogen-bond acceptors (Lipinski definition) is 2. The van der Waals surface area contributed by atoms with E-state index in [2.05, 4.69) is 26.8 Å². The number of aliphatic hydroxyl groups is 1. The quantitative estimate of drug-likeness (QED) is 0.866. The van der Waals surface area contributed by atoms with Crippen LogP contribution in [-0.4, -0.2) is 12.2 Å². The van der Waals surface area contributed by atoms with Gasteiger partial charge in [-0.3, -0.25) is 0 Å². The van der Waals surface area contributed by atoms with Gasteiger partial charge in [-0.05, 0) is 56.2 Å². The molecule has 1 aromatic carbocycles. The zero-order chi connectivity index (χ0) is 12.6. The van der Waals surface area contributed by atoms with E-state index in [9.17, 15) is 5.11 Å². The lowest BCUT2D eigenvalue weighted by Gasteiger charge is -2.31. The van der Waals surface area contributed by atoms with Crippen molar-refractivity contribution in [3.63, 3.8) is 0 Å². The Balaban J connectivity index is 2.56. The smallest absolute Gasteiger partial charge is 0.125 e. The van der Waals surface area contributed by atoms with Gasteiger partial charge >= 0.3 is 0 Å². The average molecular weight is 234 g/mol. The van der Waals surface area contributed by atoms with Crippen LogP contribution in [0.15, 0.2) is 12.1 Å². The normalized spacial score (nSPS) is 18.9.